The number of carbonyl (C=O) groups is 3. The van der Waals surface area contributed by atoms with E-state index in [2.05, 4.69) is 0 Å². The van der Waals surface area contributed by atoms with Crippen LogP contribution in [0.1, 0.15) is 38.3 Å². The molecule has 0 heterocycles. The molecule has 1 aromatic rings. The predicted molar refractivity (Wildman–Crippen MR) is 73.1 cm³/mol. The molecule has 4 heteroatoms. The summed E-state index contributed by atoms with van der Waals surface area (Å²) in [6, 6.07) is 7.19. The van der Waals surface area contributed by atoms with Crippen LogP contribution in [0, 0.1) is 5.92 Å². The van der Waals surface area contributed by atoms with Crippen LogP contribution >= 0.6 is 0 Å². The normalized spacial score (nSPS) is 24.9. The third-order valence-electron chi connectivity index (χ3n) is 3.73. The average molecular weight is 274 g/mol. The van der Waals surface area contributed by atoms with Gasteiger partial charge in [-0.3, -0.25) is 14.4 Å². The van der Waals surface area contributed by atoms with Crippen LogP contribution in [-0.2, 0) is 31.1 Å². The lowest BCUT2D eigenvalue weighted by molar-refractivity contribution is -0.175. The number of ketones is 2. The van der Waals surface area contributed by atoms with Gasteiger partial charge in [-0.05, 0) is 12.0 Å². The van der Waals surface area contributed by atoms with Gasteiger partial charge in [0.1, 0.15) is 0 Å². The summed E-state index contributed by atoms with van der Waals surface area (Å²) in [4.78, 5) is 36.6. The van der Waals surface area contributed by atoms with Gasteiger partial charge in [-0.15, -0.1) is 0 Å². The van der Waals surface area contributed by atoms with Gasteiger partial charge in [0.05, 0.1) is 0 Å². The smallest absolute Gasteiger partial charge is 0.304 e. The molecule has 0 aliphatic heterocycles. The summed E-state index contributed by atoms with van der Waals surface area (Å²) >= 11 is 0. The molecular formula is C16H18O4. The van der Waals surface area contributed by atoms with Gasteiger partial charge in [0, 0.05) is 24.8 Å². The molecule has 0 fully saturated rings. The van der Waals surface area contributed by atoms with Crippen molar-refractivity contribution in [1.82, 2.24) is 0 Å². The molecule has 0 radical (unpaired) electrons. The Hall–Kier alpha value is -1.97. The number of carbonyl (C=O) groups excluding carboxylic acids is 3. The second-order valence-corrected chi connectivity index (χ2v) is 5.18. The highest BCUT2D eigenvalue weighted by Crippen LogP contribution is 2.40. The van der Waals surface area contributed by atoms with Crippen molar-refractivity contribution in [2.45, 2.75) is 39.2 Å². The number of esters is 1. The molecule has 106 valence electrons. The monoisotopic (exact) mass is 274 g/mol. The van der Waals surface area contributed by atoms with Crippen molar-refractivity contribution in [3.8, 4) is 0 Å². The number of fused-ring (bicyclic) bond motifs is 1. The number of hydrogen-bond acceptors (Lipinski definition) is 4. The largest absolute Gasteiger partial charge is 0.438 e. The molecule has 20 heavy (non-hydrogen) atoms. The van der Waals surface area contributed by atoms with Crippen LogP contribution in [0.15, 0.2) is 24.3 Å². The highest BCUT2D eigenvalue weighted by molar-refractivity contribution is 6.13. The van der Waals surface area contributed by atoms with Crippen molar-refractivity contribution in [3.05, 3.63) is 35.4 Å². The second-order valence-electron chi connectivity index (χ2n) is 5.18. The minimum Gasteiger partial charge on any atom is -0.438 e. The van der Waals surface area contributed by atoms with Crippen LogP contribution in [0.5, 0.6) is 0 Å². The molecule has 1 aliphatic rings. The number of ether oxygens (including phenoxy) is 1. The van der Waals surface area contributed by atoms with E-state index in [9.17, 15) is 14.4 Å². The second kappa shape index (κ2) is 5.19. The first-order chi connectivity index (χ1) is 9.43. The third-order valence-corrected chi connectivity index (χ3v) is 3.73. The Kier molecular flexibility index (Phi) is 3.75. The lowest BCUT2D eigenvalue weighted by Gasteiger charge is -2.37. The van der Waals surface area contributed by atoms with Crippen molar-refractivity contribution in [1.29, 1.82) is 0 Å². The Balaban J connectivity index is 2.72. The van der Waals surface area contributed by atoms with Gasteiger partial charge in [0.2, 0.25) is 0 Å². The van der Waals surface area contributed by atoms with Crippen LogP contribution in [0.25, 0.3) is 0 Å². The average Bonchev–Trinajstić information content (AvgIpc) is 2.42. The number of benzene rings is 1. The zero-order valence-electron chi connectivity index (χ0n) is 11.9. The van der Waals surface area contributed by atoms with Crippen molar-refractivity contribution in [2.24, 2.45) is 5.92 Å². The number of Topliss-reactive ketones (excluding diaryl/α,β-unsaturated/α-hetero) is 2. The van der Waals surface area contributed by atoms with E-state index in [0.29, 0.717) is 12.0 Å². The molecule has 0 N–H and O–H groups in total. The summed E-state index contributed by atoms with van der Waals surface area (Å²) in [5.41, 5.74) is -0.345. The van der Waals surface area contributed by atoms with Gasteiger partial charge in [0.25, 0.3) is 5.60 Å². The van der Waals surface area contributed by atoms with Gasteiger partial charge in [-0.2, -0.15) is 0 Å². The van der Waals surface area contributed by atoms with E-state index < -0.39 is 11.6 Å². The molecular weight excluding hydrogens is 256 g/mol. The Morgan fingerprint density at radius 3 is 2.60 bits per heavy atom. The summed E-state index contributed by atoms with van der Waals surface area (Å²) in [6.07, 6.45) is 0.703. The molecule has 0 spiro atoms. The summed E-state index contributed by atoms with van der Waals surface area (Å²) in [5.74, 6) is -1.65. The molecule has 2 atom stereocenters. The van der Waals surface area contributed by atoms with Gasteiger partial charge in [-0.1, -0.05) is 38.1 Å². The molecule has 1 aliphatic carbocycles. The van der Waals surface area contributed by atoms with Crippen molar-refractivity contribution in [3.63, 3.8) is 0 Å². The Morgan fingerprint density at radius 2 is 2.00 bits per heavy atom. The quantitative estimate of drug-likeness (QED) is 0.626. The topological polar surface area (TPSA) is 60.4 Å². The first kappa shape index (κ1) is 14.4. The van der Waals surface area contributed by atoms with E-state index in [1.807, 2.05) is 12.1 Å². The number of hydrogen-bond donors (Lipinski definition) is 0. The zero-order valence-corrected chi connectivity index (χ0v) is 11.9. The van der Waals surface area contributed by atoms with Crippen LogP contribution in [0.4, 0.5) is 0 Å². The van der Waals surface area contributed by atoms with E-state index in [1.54, 1.807) is 26.0 Å². The maximum absolute atomic E-state index is 12.6. The highest BCUT2D eigenvalue weighted by Gasteiger charge is 2.54. The SMILES string of the molecule is CCC(=O)[C@]1(OC(C)=O)C(=O)[C@@H](C)Cc2ccccc21. The molecule has 0 aromatic heterocycles. The maximum Gasteiger partial charge on any atom is 0.304 e. The van der Waals surface area contributed by atoms with Crippen LogP contribution in [0.2, 0.25) is 0 Å². The maximum atomic E-state index is 12.6. The fourth-order valence-corrected chi connectivity index (χ4v) is 2.86. The van der Waals surface area contributed by atoms with Gasteiger partial charge < -0.3 is 4.74 Å². The summed E-state index contributed by atoms with van der Waals surface area (Å²) in [6.45, 7) is 4.65. The Morgan fingerprint density at radius 1 is 1.35 bits per heavy atom. The first-order valence-corrected chi connectivity index (χ1v) is 6.79. The van der Waals surface area contributed by atoms with Crippen LogP contribution in [0.3, 0.4) is 0 Å². The van der Waals surface area contributed by atoms with Crippen molar-refractivity contribution >= 4 is 17.5 Å². The lowest BCUT2D eigenvalue weighted by Crippen LogP contribution is -2.52. The van der Waals surface area contributed by atoms with Gasteiger partial charge in [0.15, 0.2) is 11.6 Å². The summed E-state index contributed by atoms with van der Waals surface area (Å²) in [7, 11) is 0. The van der Waals surface area contributed by atoms with Gasteiger partial charge in [-0.25, -0.2) is 0 Å². The summed E-state index contributed by atoms with van der Waals surface area (Å²) in [5, 5.41) is 0. The molecule has 1 aromatic carbocycles. The van der Waals surface area contributed by atoms with Crippen LogP contribution in [-0.4, -0.2) is 17.5 Å². The van der Waals surface area contributed by atoms with Crippen molar-refractivity contribution < 1.29 is 19.1 Å². The van der Waals surface area contributed by atoms with E-state index >= 15 is 0 Å². The zero-order chi connectivity index (χ0) is 14.9. The predicted octanol–water partition coefficient (Wildman–Crippen LogP) is 2.19. The fourth-order valence-electron chi connectivity index (χ4n) is 2.86. The van der Waals surface area contributed by atoms with Crippen LogP contribution < -0.4 is 0 Å². The molecule has 0 amide bonds. The first-order valence-electron chi connectivity index (χ1n) is 6.79. The summed E-state index contributed by atoms with van der Waals surface area (Å²) < 4.78 is 5.30. The van der Waals surface area contributed by atoms with E-state index in [1.165, 1.54) is 6.92 Å². The standard InChI is InChI=1S/C16H18O4/c1-4-14(18)16(20-11(3)17)13-8-6-5-7-12(13)9-10(2)15(16)19/h5-8,10H,4,9H2,1-3H3/t10-,16-/m0/s1. The molecule has 0 saturated carbocycles. The minimum atomic E-state index is -1.76. The molecule has 4 nitrogen and oxygen atoms in total. The minimum absolute atomic E-state index is 0.139. The number of rotatable bonds is 3. The Labute approximate surface area is 118 Å². The van der Waals surface area contributed by atoms with E-state index in [4.69, 9.17) is 4.74 Å². The molecule has 0 saturated heterocycles. The molecule has 0 unspecified atom stereocenters. The molecule has 0 bridgehead atoms. The van der Waals surface area contributed by atoms with E-state index in [-0.39, 0.29) is 23.9 Å². The fraction of sp³-hybridized carbons (Fsp3) is 0.438. The molecule has 2 rings (SSSR count). The lowest BCUT2D eigenvalue weighted by atomic mass is 9.70. The highest BCUT2D eigenvalue weighted by atomic mass is 16.6. The van der Waals surface area contributed by atoms with E-state index in [0.717, 1.165) is 5.56 Å². The third kappa shape index (κ3) is 2.05. The van der Waals surface area contributed by atoms with Crippen molar-refractivity contribution in [2.75, 3.05) is 0 Å². The van der Waals surface area contributed by atoms with Gasteiger partial charge >= 0.3 is 5.97 Å². The Bertz CT molecular complexity index is 576.